The highest BCUT2D eigenvalue weighted by molar-refractivity contribution is 14.1. The van der Waals surface area contributed by atoms with E-state index in [2.05, 4.69) is 48.6 Å². The van der Waals surface area contributed by atoms with E-state index in [0.29, 0.717) is 12.2 Å². The summed E-state index contributed by atoms with van der Waals surface area (Å²) in [6.07, 6.45) is 9.46. The van der Waals surface area contributed by atoms with Crippen LogP contribution in [0.5, 0.6) is 0 Å². The van der Waals surface area contributed by atoms with Gasteiger partial charge in [0.2, 0.25) is 0 Å². The third-order valence-electron chi connectivity index (χ3n) is 3.57. The second-order valence-electron chi connectivity index (χ2n) is 5.39. The van der Waals surface area contributed by atoms with Crippen molar-refractivity contribution in [3.63, 3.8) is 0 Å². The number of carbonyl (C=O) groups excluding carboxylic acids is 1. The number of rotatable bonds is 9. The molecule has 0 amide bonds. The number of hydrogen-bond acceptors (Lipinski definition) is 2. The van der Waals surface area contributed by atoms with Gasteiger partial charge < -0.3 is 4.74 Å². The molecule has 1 aromatic carbocycles. The Morgan fingerprint density at radius 3 is 2.50 bits per heavy atom. The molecule has 0 heterocycles. The fourth-order valence-electron chi connectivity index (χ4n) is 2.31. The van der Waals surface area contributed by atoms with E-state index in [1.54, 1.807) is 0 Å². The van der Waals surface area contributed by atoms with E-state index >= 15 is 0 Å². The lowest BCUT2D eigenvalue weighted by Crippen LogP contribution is -2.05. The molecule has 3 heteroatoms. The molecule has 0 bridgehead atoms. The molecular formula is C19H27IO2. The quantitative estimate of drug-likeness (QED) is 0.272. The number of ether oxygens (including phenoxy) is 1. The molecule has 122 valence electrons. The Labute approximate surface area is 148 Å². The third kappa shape index (κ3) is 6.11. The second kappa shape index (κ2) is 10.8. The normalized spacial score (nSPS) is 11.5. The number of benzene rings is 1. The largest absolute Gasteiger partial charge is 0.462 e. The van der Waals surface area contributed by atoms with Crippen LogP contribution in [0.15, 0.2) is 24.3 Å². The van der Waals surface area contributed by atoms with Crippen molar-refractivity contribution < 1.29 is 9.53 Å². The first kappa shape index (κ1) is 19.2. The molecule has 0 aliphatic heterocycles. The van der Waals surface area contributed by atoms with Gasteiger partial charge >= 0.3 is 5.97 Å². The third-order valence-corrected chi connectivity index (χ3v) is 4.47. The van der Waals surface area contributed by atoms with Gasteiger partial charge in [0.1, 0.15) is 0 Å². The van der Waals surface area contributed by atoms with Crippen LogP contribution in [0.2, 0.25) is 0 Å². The lowest BCUT2D eigenvalue weighted by atomic mass is 9.97. The molecule has 1 aromatic rings. The highest BCUT2D eigenvalue weighted by Gasteiger charge is 2.11. The standard InChI is InChI=1S/C19H27IO2/c1-4-7-9-11-15(10-8-5-2)17-13-12-16(14-18(17)20)19(21)22-6-3/h11-14H,4-10H2,1-3H3/b15-11+. The van der Waals surface area contributed by atoms with Crippen LogP contribution in [0, 0.1) is 3.57 Å². The van der Waals surface area contributed by atoms with E-state index in [4.69, 9.17) is 4.74 Å². The molecule has 0 aliphatic rings. The minimum Gasteiger partial charge on any atom is -0.462 e. The fourth-order valence-corrected chi connectivity index (χ4v) is 3.17. The van der Waals surface area contributed by atoms with Crippen molar-refractivity contribution in [3.8, 4) is 0 Å². The van der Waals surface area contributed by atoms with Gasteiger partial charge in [0.25, 0.3) is 0 Å². The number of halogens is 1. The highest BCUT2D eigenvalue weighted by Crippen LogP contribution is 2.27. The minimum atomic E-state index is -0.239. The Balaban J connectivity index is 2.98. The van der Waals surface area contributed by atoms with Gasteiger partial charge in [-0.3, -0.25) is 0 Å². The Hall–Kier alpha value is -0.840. The predicted octanol–water partition coefficient (Wildman–Crippen LogP) is 6.23. The van der Waals surface area contributed by atoms with Crippen molar-refractivity contribution in [3.05, 3.63) is 39.0 Å². The molecule has 22 heavy (non-hydrogen) atoms. The van der Waals surface area contributed by atoms with Crippen LogP contribution in [-0.2, 0) is 4.74 Å². The number of allylic oxidation sites excluding steroid dienone is 2. The molecule has 0 unspecified atom stereocenters. The van der Waals surface area contributed by atoms with Gasteiger partial charge in [-0.1, -0.05) is 45.3 Å². The van der Waals surface area contributed by atoms with Crippen LogP contribution in [0.1, 0.15) is 75.2 Å². The number of hydrogen-bond donors (Lipinski definition) is 0. The monoisotopic (exact) mass is 414 g/mol. The van der Waals surface area contributed by atoms with Crippen molar-refractivity contribution in [2.24, 2.45) is 0 Å². The molecule has 0 atom stereocenters. The minimum absolute atomic E-state index is 0.239. The van der Waals surface area contributed by atoms with Gasteiger partial charge in [-0.2, -0.15) is 0 Å². The Morgan fingerprint density at radius 2 is 1.91 bits per heavy atom. The first-order valence-electron chi connectivity index (χ1n) is 8.30. The van der Waals surface area contributed by atoms with Gasteiger partial charge in [0.05, 0.1) is 12.2 Å². The molecule has 0 fully saturated rings. The zero-order chi connectivity index (χ0) is 16.4. The van der Waals surface area contributed by atoms with Gasteiger partial charge in [0, 0.05) is 3.57 Å². The fraction of sp³-hybridized carbons (Fsp3) is 0.526. The SMILES string of the molecule is CCCC/C=C(\CCCC)c1ccc(C(=O)OCC)cc1I. The van der Waals surface area contributed by atoms with Crippen LogP contribution >= 0.6 is 22.6 Å². The van der Waals surface area contributed by atoms with Crippen LogP contribution in [0.4, 0.5) is 0 Å². The predicted molar refractivity (Wildman–Crippen MR) is 102 cm³/mol. The molecule has 0 aliphatic carbocycles. The Bertz CT molecular complexity index is 506. The molecule has 0 N–H and O–H groups in total. The molecule has 1 rings (SSSR count). The van der Waals surface area contributed by atoms with E-state index in [-0.39, 0.29) is 5.97 Å². The van der Waals surface area contributed by atoms with Gasteiger partial charge in [-0.15, -0.1) is 0 Å². The molecule has 0 saturated carbocycles. The Kier molecular flexibility index (Phi) is 9.44. The summed E-state index contributed by atoms with van der Waals surface area (Å²) in [5.74, 6) is -0.239. The van der Waals surface area contributed by atoms with E-state index in [1.807, 2.05) is 19.1 Å². The zero-order valence-corrected chi connectivity index (χ0v) is 16.1. The summed E-state index contributed by atoms with van der Waals surface area (Å²) in [6.45, 7) is 6.68. The molecule has 2 nitrogen and oxygen atoms in total. The summed E-state index contributed by atoms with van der Waals surface area (Å²) in [7, 11) is 0. The van der Waals surface area contributed by atoms with Crippen molar-refractivity contribution in [2.75, 3.05) is 6.61 Å². The zero-order valence-electron chi connectivity index (χ0n) is 14.0. The van der Waals surface area contributed by atoms with Crippen LogP contribution in [0.25, 0.3) is 5.57 Å². The molecule has 0 spiro atoms. The number of esters is 1. The van der Waals surface area contributed by atoms with E-state index < -0.39 is 0 Å². The van der Waals surface area contributed by atoms with Gasteiger partial charge in [-0.05, 0) is 72.0 Å². The summed E-state index contributed by atoms with van der Waals surface area (Å²) >= 11 is 2.33. The van der Waals surface area contributed by atoms with Crippen LogP contribution < -0.4 is 0 Å². The lowest BCUT2D eigenvalue weighted by molar-refractivity contribution is 0.0526. The maximum Gasteiger partial charge on any atom is 0.338 e. The second-order valence-corrected chi connectivity index (χ2v) is 6.55. The van der Waals surface area contributed by atoms with Crippen molar-refractivity contribution in [1.29, 1.82) is 0 Å². The number of carbonyl (C=O) groups is 1. The van der Waals surface area contributed by atoms with E-state index in [0.717, 1.165) is 16.4 Å². The molecule has 0 aromatic heterocycles. The van der Waals surface area contributed by atoms with Crippen molar-refractivity contribution >= 4 is 34.1 Å². The first-order valence-corrected chi connectivity index (χ1v) is 9.37. The van der Waals surface area contributed by atoms with Crippen molar-refractivity contribution in [2.45, 2.75) is 59.3 Å². The summed E-state index contributed by atoms with van der Waals surface area (Å²) in [5, 5.41) is 0. The average molecular weight is 414 g/mol. The number of unbranched alkanes of at least 4 members (excludes halogenated alkanes) is 3. The maximum absolute atomic E-state index is 11.8. The summed E-state index contributed by atoms with van der Waals surface area (Å²) in [6, 6.07) is 5.89. The van der Waals surface area contributed by atoms with Gasteiger partial charge in [0.15, 0.2) is 0 Å². The van der Waals surface area contributed by atoms with E-state index in [1.165, 1.54) is 36.8 Å². The summed E-state index contributed by atoms with van der Waals surface area (Å²) in [4.78, 5) is 11.8. The van der Waals surface area contributed by atoms with Crippen molar-refractivity contribution in [1.82, 2.24) is 0 Å². The lowest BCUT2D eigenvalue weighted by Gasteiger charge is -2.12. The van der Waals surface area contributed by atoms with E-state index in [9.17, 15) is 4.79 Å². The summed E-state index contributed by atoms with van der Waals surface area (Å²) in [5.41, 5.74) is 3.31. The topological polar surface area (TPSA) is 26.3 Å². The maximum atomic E-state index is 11.8. The van der Waals surface area contributed by atoms with Crippen LogP contribution in [0.3, 0.4) is 0 Å². The Morgan fingerprint density at radius 1 is 1.18 bits per heavy atom. The van der Waals surface area contributed by atoms with Crippen LogP contribution in [-0.4, -0.2) is 12.6 Å². The molecule has 0 saturated heterocycles. The van der Waals surface area contributed by atoms with Gasteiger partial charge in [-0.25, -0.2) is 4.79 Å². The summed E-state index contributed by atoms with van der Waals surface area (Å²) < 4.78 is 6.20. The highest BCUT2D eigenvalue weighted by atomic mass is 127. The average Bonchev–Trinajstić information content (AvgIpc) is 2.51. The smallest absolute Gasteiger partial charge is 0.338 e. The molecular weight excluding hydrogens is 387 g/mol. The molecule has 0 radical (unpaired) electrons. The first-order chi connectivity index (χ1) is 10.6.